The van der Waals surface area contributed by atoms with Crippen molar-refractivity contribution in [2.75, 3.05) is 18.9 Å². The van der Waals surface area contributed by atoms with Crippen LogP contribution < -0.4 is 18.9 Å². The molecule has 0 atom stereocenters. The minimum Gasteiger partial charge on any atom is -0.493 e. The van der Waals surface area contributed by atoms with Gasteiger partial charge in [-0.05, 0) is 49.1 Å². The van der Waals surface area contributed by atoms with Crippen molar-refractivity contribution in [2.24, 2.45) is 0 Å². The number of hydrogen-bond donors (Lipinski definition) is 1. The van der Waals surface area contributed by atoms with Gasteiger partial charge in [-0.1, -0.05) is 0 Å². The molecule has 5 nitrogen and oxygen atoms in total. The maximum Gasteiger partial charge on any atom is 0.162 e. The van der Waals surface area contributed by atoms with Crippen molar-refractivity contribution in [3.05, 3.63) is 48.4 Å². The molecular formula is C20H19FN2O3S. The predicted octanol–water partition coefficient (Wildman–Crippen LogP) is 5.41. The molecule has 1 saturated carbocycles. The molecule has 4 rings (SSSR count). The largest absolute Gasteiger partial charge is 0.493 e. The van der Waals surface area contributed by atoms with E-state index in [2.05, 4.69) is 9.71 Å². The van der Waals surface area contributed by atoms with E-state index in [0.29, 0.717) is 39.5 Å². The number of fused-ring (bicyclic) bond motifs is 1. The van der Waals surface area contributed by atoms with Gasteiger partial charge in [-0.2, -0.15) is 0 Å². The van der Waals surface area contributed by atoms with Gasteiger partial charge in [0.05, 0.1) is 25.4 Å². The van der Waals surface area contributed by atoms with Gasteiger partial charge < -0.3 is 18.9 Å². The van der Waals surface area contributed by atoms with Gasteiger partial charge in [0.15, 0.2) is 17.3 Å². The van der Waals surface area contributed by atoms with Gasteiger partial charge in [-0.25, -0.2) is 4.39 Å². The van der Waals surface area contributed by atoms with E-state index in [9.17, 15) is 4.39 Å². The van der Waals surface area contributed by atoms with Crippen molar-refractivity contribution in [1.29, 1.82) is 0 Å². The van der Waals surface area contributed by atoms with Crippen molar-refractivity contribution in [2.45, 2.75) is 18.1 Å². The summed E-state index contributed by atoms with van der Waals surface area (Å²) in [7, 11) is 3.14. The molecule has 140 valence electrons. The topological polar surface area (TPSA) is 52.6 Å². The Balaban J connectivity index is 1.61. The minimum absolute atomic E-state index is 0.349. The first-order valence-corrected chi connectivity index (χ1v) is 9.45. The molecule has 7 heteroatoms. The molecule has 0 unspecified atom stereocenters. The fourth-order valence-corrected chi connectivity index (χ4v) is 3.47. The number of rotatable bonds is 7. The average molecular weight is 386 g/mol. The zero-order chi connectivity index (χ0) is 18.8. The van der Waals surface area contributed by atoms with E-state index in [1.165, 1.54) is 18.9 Å². The van der Waals surface area contributed by atoms with Crippen LogP contribution in [0.25, 0.3) is 10.9 Å². The Hall–Kier alpha value is -2.67. The lowest BCUT2D eigenvalue weighted by Gasteiger charge is -2.13. The third kappa shape index (κ3) is 3.88. The molecule has 1 N–H and O–H groups in total. The first-order valence-electron chi connectivity index (χ1n) is 8.57. The van der Waals surface area contributed by atoms with Crippen LogP contribution in [-0.4, -0.2) is 24.5 Å². The summed E-state index contributed by atoms with van der Waals surface area (Å²) in [4.78, 5) is 4.34. The first kappa shape index (κ1) is 17.7. The molecule has 1 aromatic heterocycles. The number of ether oxygens (including phenoxy) is 3. The Morgan fingerprint density at radius 3 is 2.52 bits per heavy atom. The van der Waals surface area contributed by atoms with Crippen molar-refractivity contribution in [1.82, 2.24) is 4.98 Å². The smallest absolute Gasteiger partial charge is 0.162 e. The third-order valence-corrected chi connectivity index (χ3v) is 5.38. The first-order chi connectivity index (χ1) is 13.2. The van der Waals surface area contributed by atoms with E-state index in [1.807, 2.05) is 0 Å². The fraction of sp³-hybridized carbons (Fsp3) is 0.250. The highest BCUT2D eigenvalue weighted by Crippen LogP contribution is 2.38. The van der Waals surface area contributed by atoms with E-state index in [4.69, 9.17) is 14.2 Å². The zero-order valence-corrected chi connectivity index (χ0v) is 15.8. The summed E-state index contributed by atoms with van der Waals surface area (Å²) in [6.07, 6.45) is 4.01. The molecule has 2 aromatic carbocycles. The average Bonchev–Trinajstić information content (AvgIpc) is 3.51. The molecule has 27 heavy (non-hydrogen) atoms. The van der Waals surface area contributed by atoms with Crippen LogP contribution in [-0.2, 0) is 0 Å². The summed E-state index contributed by atoms with van der Waals surface area (Å²) >= 11 is 1.56. The van der Waals surface area contributed by atoms with E-state index in [1.54, 1.807) is 62.7 Å². The zero-order valence-electron chi connectivity index (χ0n) is 15.0. The molecular weight excluding hydrogens is 367 g/mol. The summed E-state index contributed by atoms with van der Waals surface area (Å²) in [6.45, 7) is 0. The Morgan fingerprint density at radius 2 is 1.81 bits per heavy atom. The molecule has 0 bridgehead atoms. The molecule has 0 spiro atoms. The van der Waals surface area contributed by atoms with E-state index in [0.717, 1.165) is 5.39 Å². The number of benzene rings is 2. The summed E-state index contributed by atoms with van der Waals surface area (Å²) in [6, 6.07) is 10.1. The number of aromatic nitrogens is 1. The summed E-state index contributed by atoms with van der Waals surface area (Å²) in [5.74, 6) is 1.79. The molecule has 0 radical (unpaired) electrons. The fourth-order valence-electron chi connectivity index (χ4n) is 2.64. The molecule has 3 aromatic rings. The van der Waals surface area contributed by atoms with Crippen molar-refractivity contribution in [3.8, 4) is 23.0 Å². The van der Waals surface area contributed by atoms with Gasteiger partial charge in [0.25, 0.3) is 0 Å². The van der Waals surface area contributed by atoms with E-state index >= 15 is 0 Å². The SMILES string of the molecule is COc1cc2nccc(Oc3ccc(NSC4CC4)c(F)c3)c2cc1OC. The second-order valence-electron chi connectivity index (χ2n) is 6.20. The van der Waals surface area contributed by atoms with Crippen molar-refractivity contribution < 1.29 is 18.6 Å². The highest BCUT2D eigenvalue weighted by atomic mass is 32.2. The van der Waals surface area contributed by atoms with Crippen LogP contribution in [0.4, 0.5) is 10.1 Å². The molecule has 1 aliphatic carbocycles. The number of anilines is 1. The van der Waals surface area contributed by atoms with Crippen LogP contribution in [0.5, 0.6) is 23.0 Å². The van der Waals surface area contributed by atoms with Crippen LogP contribution in [0.3, 0.4) is 0 Å². The van der Waals surface area contributed by atoms with E-state index in [-0.39, 0.29) is 5.82 Å². The lowest BCUT2D eigenvalue weighted by atomic mass is 10.2. The van der Waals surface area contributed by atoms with Crippen LogP contribution in [0, 0.1) is 5.82 Å². The normalized spacial score (nSPS) is 13.4. The summed E-state index contributed by atoms with van der Waals surface area (Å²) in [5, 5.41) is 1.34. The molecule has 1 fully saturated rings. The standard InChI is InChI=1S/C20H19FN2O3S/c1-24-19-10-14-17(11-20(19)25-2)22-8-7-18(14)26-12-3-6-16(15(21)9-12)23-27-13-4-5-13/h3,6-11,13,23H,4-5H2,1-2H3. The Labute approximate surface area is 161 Å². The lowest BCUT2D eigenvalue weighted by Crippen LogP contribution is -1.95. The van der Waals surface area contributed by atoms with Gasteiger partial charge in [-0.15, -0.1) is 0 Å². The number of halogens is 1. The third-order valence-electron chi connectivity index (χ3n) is 4.24. The predicted molar refractivity (Wildman–Crippen MR) is 106 cm³/mol. The van der Waals surface area contributed by atoms with Crippen LogP contribution >= 0.6 is 11.9 Å². The Morgan fingerprint density at radius 1 is 1.04 bits per heavy atom. The van der Waals surface area contributed by atoms with Crippen LogP contribution in [0.15, 0.2) is 42.6 Å². The van der Waals surface area contributed by atoms with Gasteiger partial charge in [0.2, 0.25) is 0 Å². The van der Waals surface area contributed by atoms with Crippen LogP contribution in [0.1, 0.15) is 12.8 Å². The van der Waals surface area contributed by atoms with Crippen molar-refractivity contribution in [3.63, 3.8) is 0 Å². The Kier molecular flexibility index (Phi) is 4.94. The quantitative estimate of drug-likeness (QED) is 0.548. The highest BCUT2D eigenvalue weighted by molar-refractivity contribution is 8.01. The van der Waals surface area contributed by atoms with Crippen molar-refractivity contribution >= 4 is 28.5 Å². The number of pyridine rings is 1. The second-order valence-corrected chi connectivity index (χ2v) is 7.30. The number of nitrogens with zero attached hydrogens (tertiary/aromatic N) is 1. The summed E-state index contributed by atoms with van der Waals surface area (Å²) in [5.41, 5.74) is 1.16. The second kappa shape index (κ2) is 7.52. The Bertz CT molecular complexity index is 979. The number of nitrogens with one attached hydrogen (secondary N) is 1. The maximum atomic E-state index is 14.4. The van der Waals surface area contributed by atoms with Gasteiger partial charge in [0, 0.05) is 29.0 Å². The van der Waals surface area contributed by atoms with E-state index < -0.39 is 0 Å². The van der Waals surface area contributed by atoms with Gasteiger partial charge in [0.1, 0.15) is 11.5 Å². The van der Waals surface area contributed by atoms with Gasteiger partial charge >= 0.3 is 0 Å². The lowest BCUT2D eigenvalue weighted by molar-refractivity contribution is 0.355. The molecule has 0 amide bonds. The number of methoxy groups -OCH3 is 2. The summed E-state index contributed by atoms with van der Waals surface area (Å²) < 4.78 is 34.0. The maximum absolute atomic E-state index is 14.4. The van der Waals surface area contributed by atoms with Crippen LogP contribution in [0.2, 0.25) is 0 Å². The van der Waals surface area contributed by atoms with Gasteiger partial charge in [-0.3, -0.25) is 4.98 Å². The minimum atomic E-state index is -0.349. The monoisotopic (exact) mass is 386 g/mol. The molecule has 1 aliphatic rings. The number of hydrogen-bond acceptors (Lipinski definition) is 6. The molecule has 0 aliphatic heterocycles. The molecule has 0 saturated heterocycles. The highest BCUT2D eigenvalue weighted by Gasteiger charge is 2.22. The molecule has 1 heterocycles.